The summed E-state index contributed by atoms with van der Waals surface area (Å²) >= 11 is 3.77. The van der Waals surface area contributed by atoms with E-state index in [-0.39, 0.29) is 5.41 Å². The molecule has 1 aliphatic carbocycles. The fourth-order valence-electron chi connectivity index (χ4n) is 3.87. The highest BCUT2D eigenvalue weighted by molar-refractivity contribution is 9.10. The van der Waals surface area contributed by atoms with Crippen molar-refractivity contribution in [3.05, 3.63) is 21.7 Å². The van der Waals surface area contributed by atoms with Crippen molar-refractivity contribution in [3.8, 4) is 11.5 Å². The van der Waals surface area contributed by atoms with Crippen molar-refractivity contribution in [2.45, 2.75) is 50.9 Å². The maximum absolute atomic E-state index is 6.22. The second kappa shape index (κ2) is 6.17. The predicted molar refractivity (Wildman–Crippen MR) is 88.3 cm³/mol. The van der Waals surface area contributed by atoms with Crippen LogP contribution in [0.2, 0.25) is 0 Å². The highest BCUT2D eigenvalue weighted by Crippen LogP contribution is 2.48. The van der Waals surface area contributed by atoms with Crippen LogP contribution >= 0.6 is 15.9 Å². The minimum absolute atomic E-state index is 0.0891. The number of hydrogen-bond acceptors (Lipinski definition) is 3. The molecule has 0 aromatic heterocycles. The van der Waals surface area contributed by atoms with Gasteiger partial charge in [0, 0.05) is 22.9 Å². The second-order valence-corrected chi connectivity index (χ2v) is 7.14. The number of ether oxygens (including phenoxy) is 2. The summed E-state index contributed by atoms with van der Waals surface area (Å²) < 4.78 is 12.9. The Hall–Kier alpha value is -0.740. The average Bonchev–Trinajstić information content (AvgIpc) is 2.73. The lowest BCUT2D eigenvalue weighted by atomic mass is 9.68. The maximum Gasteiger partial charge on any atom is 0.164 e. The van der Waals surface area contributed by atoms with Crippen LogP contribution in [0.1, 0.15) is 49.7 Å². The lowest BCUT2D eigenvalue weighted by Crippen LogP contribution is -2.38. The zero-order valence-corrected chi connectivity index (χ0v) is 14.3. The molecule has 0 amide bonds. The van der Waals surface area contributed by atoms with Gasteiger partial charge in [-0.25, -0.2) is 0 Å². The van der Waals surface area contributed by atoms with Gasteiger partial charge in [0.05, 0.1) is 13.2 Å². The predicted octanol–water partition coefficient (Wildman–Crippen LogP) is 4.08. The Morgan fingerprint density at radius 2 is 1.86 bits per heavy atom. The highest BCUT2D eigenvalue weighted by Gasteiger charge is 2.37. The molecule has 0 saturated heterocycles. The molecular formula is C17H24BrNO2. The summed E-state index contributed by atoms with van der Waals surface area (Å²) in [5.41, 5.74) is 8.86. The zero-order valence-electron chi connectivity index (χ0n) is 12.7. The van der Waals surface area contributed by atoms with Crippen LogP contribution in [0.4, 0.5) is 0 Å². The molecule has 1 aliphatic heterocycles. The molecule has 1 fully saturated rings. The van der Waals surface area contributed by atoms with Crippen molar-refractivity contribution in [1.29, 1.82) is 0 Å². The Bertz CT molecular complexity index is 524. The Kier molecular flexibility index (Phi) is 4.46. The molecule has 2 aliphatic rings. The third-order valence-electron chi connectivity index (χ3n) is 4.96. The molecule has 0 unspecified atom stereocenters. The number of benzene rings is 1. The number of halogens is 1. The fraction of sp³-hybridized carbons (Fsp3) is 0.647. The molecule has 0 bridgehead atoms. The number of nitrogens with two attached hydrogens (primary N) is 1. The molecule has 0 atom stereocenters. The third kappa shape index (κ3) is 2.68. The summed E-state index contributed by atoms with van der Waals surface area (Å²) in [5, 5.41) is 0. The van der Waals surface area contributed by atoms with Gasteiger partial charge in [0.25, 0.3) is 0 Å². The Morgan fingerprint density at radius 3 is 2.57 bits per heavy atom. The largest absolute Gasteiger partial charge is 0.490 e. The van der Waals surface area contributed by atoms with E-state index in [4.69, 9.17) is 15.2 Å². The van der Waals surface area contributed by atoms with E-state index in [0.717, 1.165) is 35.6 Å². The van der Waals surface area contributed by atoms with Crippen molar-refractivity contribution >= 4 is 15.9 Å². The lowest BCUT2D eigenvalue weighted by Gasteiger charge is -2.39. The summed E-state index contributed by atoms with van der Waals surface area (Å²) in [7, 11) is 0. The van der Waals surface area contributed by atoms with Crippen LogP contribution in [0.25, 0.3) is 0 Å². The summed E-state index contributed by atoms with van der Waals surface area (Å²) in [6, 6.07) is 2.08. The molecule has 1 heterocycles. The molecule has 2 N–H and O–H groups in total. The molecule has 1 aromatic rings. The van der Waals surface area contributed by atoms with E-state index in [1.165, 1.54) is 43.2 Å². The first-order chi connectivity index (χ1) is 10.2. The van der Waals surface area contributed by atoms with E-state index in [2.05, 4.69) is 28.9 Å². The molecule has 3 rings (SSSR count). The standard InChI is InChI=1S/C17H24BrNO2/c1-12-15(17(11-19)6-3-2-4-7-17)13(18)10-14-16(12)21-9-5-8-20-14/h10H,2-9,11,19H2,1H3. The van der Waals surface area contributed by atoms with Gasteiger partial charge >= 0.3 is 0 Å². The van der Waals surface area contributed by atoms with E-state index in [0.29, 0.717) is 6.54 Å². The van der Waals surface area contributed by atoms with Gasteiger partial charge in [-0.1, -0.05) is 35.2 Å². The molecule has 1 saturated carbocycles. The lowest BCUT2D eigenvalue weighted by molar-refractivity contribution is 0.290. The van der Waals surface area contributed by atoms with Crippen molar-refractivity contribution in [3.63, 3.8) is 0 Å². The Labute approximate surface area is 135 Å². The highest BCUT2D eigenvalue weighted by atomic mass is 79.9. The summed E-state index contributed by atoms with van der Waals surface area (Å²) in [4.78, 5) is 0. The molecule has 21 heavy (non-hydrogen) atoms. The van der Waals surface area contributed by atoms with Crippen LogP contribution in [-0.2, 0) is 5.41 Å². The fourth-order valence-corrected chi connectivity index (χ4v) is 4.79. The van der Waals surface area contributed by atoms with Gasteiger partial charge in [0.15, 0.2) is 11.5 Å². The molecule has 116 valence electrons. The normalized spacial score (nSPS) is 20.9. The van der Waals surface area contributed by atoms with E-state index >= 15 is 0 Å². The summed E-state index contributed by atoms with van der Waals surface area (Å²) in [6.07, 6.45) is 7.12. The van der Waals surface area contributed by atoms with Gasteiger partial charge in [0.1, 0.15) is 0 Å². The van der Waals surface area contributed by atoms with E-state index < -0.39 is 0 Å². The number of hydrogen-bond donors (Lipinski definition) is 1. The molecular weight excluding hydrogens is 330 g/mol. The van der Waals surface area contributed by atoms with Crippen molar-refractivity contribution in [1.82, 2.24) is 0 Å². The second-order valence-electron chi connectivity index (χ2n) is 6.28. The van der Waals surface area contributed by atoms with Gasteiger partial charge in [0.2, 0.25) is 0 Å². The molecule has 1 aromatic carbocycles. The quantitative estimate of drug-likeness (QED) is 0.870. The molecule has 0 radical (unpaired) electrons. The maximum atomic E-state index is 6.22. The molecule has 0 spiro atoms. The molecule has 4 heteroatoms. The van der Waals surface area contributed by atoms with Gasteiger partial charge in [-0.3, -0.25) is 0 Å². The summed E-state index contributed by atoms with van der Waals surface area (Å²) in [6.45, 7) is 4.30. The first kappa shape index (κ1) is 15.2. The third-order valence-corrected chi connectivity index (χ3v) is 5.59. The van der Waals surface area contributed by atoms with Crippen LogP contribution in [-0.4, -0.2) is 19.8 Å². The smallest absolute Gasteiger partial charge is 0.164 e. The van der Waals surface area contributed by atoms with Crippen LogP contribution in [0, 0.1) is 6.92 Å². The monoisotopic (exact) mass is 353 g/mol. The van der Waals surface area contributed by atoms with E-state index in [1.54, 1.807) is 0 Å². The van der Waals surface area contributed by atoms with Crippen LogP contribution < -0.4 is 15.2 Å². The SMILES string of the molecule is Cc1c2c(cc(Br)c1C1(CN)CCCCC1)OCCCO2. The Morgan fingerprint density at radius 1 is 1.14 bits per heavy atom. The zero-order chi connectivity index (χ0) is 14.9. The minimum atomic E-state index is 0.0891. The van der Waals surface area contributed by atoms with E-state index in [1.807, 2.05) is 0 Å². The van der Waals surface area contributed by atoms with Gasteiger partial charge in [-0.15, -0.1) is 0 Å². The van der Waals surface area contributed by atoms with Crippen molar-refractivity contribution in [2.75, 3.05) is 19.8 Å². The van der Waals surface area contributed by atoms with Crippen molar-refractivity contribution in [2.24, 2.45) is 5.73 Å². The first-order valence-electron chi connectivity index (χ1n) is 7.97. The molecule has 3 nitrogen and oxygen atoms in total. The van der Waals surface area contributed by atoms with Crippen molar-refractivity contribution < 1.29 is 9.47 Å². The Balaban J connectivity index is 2.11. The van der Waals surface area contributed by atoms with Crippen LogP contribution in [0.15, 0.2) is 10.5 Å². The van der Waals surface area contributed by atoms with Gasteiger partial charge < -0.3 is 15.2 Å². The summed E-state index contributed by atoms with van der Waals surface area (Å²) in [5.74, 6) is 1.78. The van der Waals surface area contributed by atoms with Crippen LogP contribution in [0.3, 0.4) is 0 Å². The minimum Gasteiger partial charge on any atom is -0.490 e. The van der Waals surface area contributed by atoms with Crippen LogP contribution in [0.5, 0.6) is 11.5 Å². The van der Waals surface area contributed by atoms with E-state index in [9.17, 15) is 0 Å². The number of fused-ring (bicyclic) bond motifs is 1. The topological polar surface area (TPSA) is 44.5 Å². The first-order valence-corrected chi connectivity index (χ1v) is 8.76. The van der Waals surface area contributed by atoms with Gasteiger partial charge in [-0.2, -0.15) is 0 Å². The average molecular weight is 354 g/mol. The number of rotatable bonds is 2. The van der Waals surface area contributed by atoms with Gasteiger partial charge in [-0.05, 0) is 37.0 Å².